The summed E-state index contributed by atoms with van der Waals surface area (Å²) in [6.45, 7) is 1.33. The van der Waals surface area contributed by atoms with Crippen LogP contribution in [0.2, 0.25) is 0 Å². The molecule has 1 aromatic carbocycles. The van der Waals surface area contributed by atoms with Crippen molar-refractivity contribution in [1.82, 2.24) is 4.31 Å². The van der Waals surface area contributed by atoms with Crippen LogP contribution in [0.1, 0.15) is 6.92 Å². The van der Waals surface area contributed by atoms with Crippen molar-refractivity contribution >= 4 is 15.7 Å². The molecule has 1 atom stereocenters. The number of halogens is 1. The van der Waals surface area contributed by atoms with Crippen LogP contribution in [0.5, 0.6) is 0 Å². The first-order chi connectivity index (χ1) is 8.71. The van der Waals surface area contributed by atoms with Crippen molar-refractivity contribution in [3.05, 3.63) is 34.1 Å². The Morgan fingerprint density at radius 3 is 2.58 bits per heavy atom. The topological polar surface area (TPSA) is 104 Å². The van der Waals surface area contributed by atoms with E-state index in [2.05, 4.69) is 0 Å². The van der Waals surface area contributed by atoms with Crippen LogP contribution in [-0.2, 0) is 10.0 Å². The van der Waals surface area contributed by atoms with Gasteiger partial charge in [0.2, 0.25) is 0 Å². The summed E-state index contributed by atoms with van der Waals surface area (Å²) in [6.07, 6.45) is 0. The Balaban J connectivity index is 3.46. The lowest BCUT2D eigenvalue weighted by atomic mass is 10.3. The molecule has 0 aromatic heterocycles. The Hall–Kier alpha value is -2.05. The molecule has 1 rings (SSSR count). The number of hydrogen-bond donors (Lipinski definition) is 0. The minimum Gasteiger partial charge on any atom is -0.258 e. The van der Waals surface area contributed by atoms with Crippen molar-refractivity contribution in [1.29, 1.82) is 5.26 Å². The molecule has 0 N–H and O–H groups in total. The van der Waals surface area contributed by atoms with Crippen LogP contribution in [-0.4, -0.2) is 30.7 Å². The molecule has 0 fully saturated rings. The highest BCUT2D eigenvalue weighted by atomic mass is 32.2. The van der Waals surface area contributed by atoms with Crippen molar-refractivity contribution in [2.24, 2.45) is 0 Å². The van der Waals surface area contributed by atoms with Crippen LogP contribution >= 0.6 is 0 Å². The maximum Gasteiger partial charge on any atom is 0.292 e. The lowest BCUT2D eigenvalue weighted by Crippen LogP contribution is -2.34. The van der Waals surface area contributed by atoms with Crippen molar-refractivity contribution < 1.29 is 17.7 Å². The van der Waals surface area contributed by atoms with E-state index in [1.165, 1.54) is 6.92 Å². The highest BCUT2D eigenvalue weighted by Crippen LogP contribution is 2.27. The summed E-state index contributed by atoms with van der Waals surface area (Å²) >= 11 is 0. The fourth-order valence-electron chi connectivity index (χ4n) is 1.30. The zero-order chi connectivity index (χ0) is 14.8. The molecule has 0 aliphatic carbocycles. The third kappa shape index (κ3) is 2.86. The minimum atomic E-state index is -4.24. The van der Waals surface area contributed by atoms with Gasteiger partial charge < -0.3 is 0 Å². The standard InChI is InChI=1S/C10H10FN3O4S/c1-7(6-12)13(2)19(17,18)10-4-3-8(11)5-9(10)14(15)16/h3-5,7H,1-2H3. The predicted octanol–water partition coefficient (Wildman–Crippen LogP) is 1.27. The molecule has 0 saturated heterocycles. The maximum atomic E-state index is 13.0. The summed E-state index contributed by atoms with van der Waals surface area (Å²) in [5, 5.41) is 19.5. The van der Waals surface area contributed by atoms with Crippen molar-refractivity contribution in [2.75, 3.05) is 7.05 Å². The molecule has 0 bridgehead atoms. The first kappa shape index (κ1) is 15.0. The highest BCUT2D eigenvalue weighted by molar-refractivity contribution is 7.89. The van der Waals surface area contributed by atoms with Crippen LogP contribution in [0, 0.1) is 27.3 Å². The molecule has 0 aliphatic rings. The smallest absolute Gasteiger partial charge is 0.258 e. The lowest BCUT2D eigenvalue weighted by molar-refractivity contribution is -0.388. The molecule has 1 unspecified atom stereocenters. The van der Waals surface area contributed by atoms with Crippen molar-refractivity contribution in [3.8, 4) is 6.07 Å². The third-order valence-corrected chi connectivity index (χ3v) is 4.48. The Kier molecular flexibility index (Phi) is 4.18. The van der Waals surface area contributed by atoms with Crippen LogP contribution in [0.15, 0.2) is 23.1 Å². The van der Waals surface area contributed by atoms with Gasteiger partial charge in [-0.2, -0.15) is 9.57 Å². The molecule has 0 spiro atoms. The number of hydrogen-bond acceptors (Lipinski definition) is 5. The number of nitro benzene ring substituents is 1. The molecule has 19 heavy (non-hydrogen) atoms. The van der Waals surface area contributed by atoms with E-state index in [-0.39, 0.29) is 0 Å². The van der Waals surface area contributed by atoms with Gasteiger partial charge in [0.05, 0.1) is 17.1 Å². The SMILES string of the molecule is CC(C#N)N(C)S(=O)(=O)c1ccc(F)cc1[N+](=O)[O-]. The second kappa shape index (κ2) is 5.29. The number of nitriles is 1. The molecular formula is C10H10FN3O4S. The van der Waals surface area contributed by atoms with Crippen molar-refractivity contribution in [2.45, 2.75) is 17.9 Å². The second-order valence-electron chi connectivity index (χ2n) is 3.70. The van der Waals surface area contributed by atoms with Gasteiger partial charge in [-0.15, -0.1) is 0 Å². The monoisotopic (exact) mass is 287 g/mol. The lowest BCUT2D eigenvalue weighted by Gasteiger charge is -2.18. The quantitative estimate of drug-likeness (QED) is 0.612. The molecule has 1 aromatic rings. The Bertz CT molecular complexity index is 653. The Labute approximate surface area is 109 Å². The minimum absolute atomic E-state index is 0.526. The molecule has 0 radical (unpaired) electrons. The molecule has 102 valence electrons. The zero-order valence-electron chi connectivity index (χ0n) is 10.1. The van der Waals surface area contributed by atoms with Gasteiger partial charge in [-0.05, 0) is 19.1 Å². The number of sulfonamides is 1. The Morgan fingerprint density at radius 2 is 2.11 bits per heavy atom. The van der Waals surface area contributed by atoms with Crippen LogP contribution < -0.4 is 0 Å². The first-order valence-corrected chi connectivity index (χ1v) is 6.47. The molecule has 0 heterocycles. The number of nitrogens with zero attached hydrogens (tertiary/aromatic N) is 3. The summed E-state index contributed by atoms with van der Waals surface area (Å²) in [4.78, 5) is 9.14. The number of benzene rings is 1. The molecule has 9 heteroatoms. The Morgan fingerprint density at radius 1 is 1.53 bits per heavy atom. The average molecular weight is 287 g/mol. The van der Waals surface area contributed by atoms with Crippen LogP contribution in [0.25, 0.3) is 0 Å². The van der Waals surface area contributed by atoms with E-state index in [0.717, 1.165) is 19.2 Å². The zero-order valence-corrected chi connectivity index (χ0v) is 10.9. The van der Waals surface area contributed by atoms with Gasteiger partial charge in [0, 0.05) is 7.05 Å². The van der Waals surface area contributed by atoms with Crippen LogP contribution in [0.3, 0.4) is 0 Å². The van der Waals surface area contributed by atoms with Gasteiger partial charge in [-0.25, -0.2) is 12.8 Å². The summed E-state index contributed by atoms with van der Waals surface area (Å²) in [7, 11) is -3.12. The predicted molar refractivity (Wildman–Crippen MR) is 63.1 cm³/mol. The fourth-order valence-corrected chi connectivity index (χ4v) is 2.71. The van der Waals surface area contributed by atoms with Gasteiger partial charge in [-0.1, -0.05) is 0 Å². The highest BCUT2D eigenvalue weighted by Gasteiger charge is 2.32. The largest absolute Gasteiger partial charge is 0.292 e. The molecule has 0 amide bonds. The van der Waals surface area contributed by atoms with E-state index in [1.807, 2.05) is 0 Å². The first-order valence-electron chi connectivity index (χ1n) is 5.03. The van der Waals surface area contributed by atoms with E-state index in [1.54, 1.807) is 6.07 Å². The summed E-state index contributed by atoms with van der Waals surface area (Å²) < 4.78 is 37.9. The van der Waals surface area contributed by atoms with Crippen molar-refractivity contribution in [3.63, 3.8) is 0 Å². The van der Waals surface area contributed by atoms with Gasteiger partial charge in [0.1, 0.15) is 11.9 Å². The average Bonchev–Trinajstić information content (AvgIpc) is 2.36. The van der Waals surface area contributed by atoms with E-state index in [4.69, 9.17) is 5.26 Å². The van der Waals surface area contributed by atoms with Gasteiger partial charge in [-0.3, -0.25) is 10.1 Å². The van der Waals surface area contributed by atoms with Crippen LogP contribution in [0.4, 0.5) is 10.1 Å². The molecular weight excluding hydrogens is 277 g/mol. The summed E-state index contributed by atoms with van der Waals surface area (Å²) in [6, 6.07) is 2.84. The fraction of sp³-hybridized carbons (Fsp3) is 0.300. The summed E-state index contributed by atoms with van der Waals surface area (Å²) in [5.41, 5.74) is -0.864. The van der Waals surface area contributed by atoms with Gasteiger partial charge in [0.15, 0.2) is 4.90 Å². The molecule has 0 aliphatic heterocycles. The molecule has 0 saturated carbocycles. The number of rotatable bonds is 4. The van der Waals surface area contributed by atoms with Gasteiger partial charge in [0.25, 0.3) is 15.7 Å². The second-order valence-corrected chi connectivity index (χ2v) is 5.66. The van der Waals surface area contributed by atoms with E-state index in [0.29, 0.717) is 10.4 Å². The van der Waals surface area contributed by atoms with E-state index < -0.39 is 37.4 Å². The maximum absolute atomic E-state index is 13.0. The third-order valence-electron chi connectivity index (χ3n) is 2.51. The summed E-state index contributed by atoms with van der Waals surface area (Å²) in [5.74, 6) is -0.915. The number of nitro groups is 1. The van der Waals surface area contributed by atoms with E-state index in [9.17, 15) is 22.9 Å². The van der Waals surface area contributed by atoms with Gasteiger partial charge >= 0.3 is 0 Å². The molecule has 7 nitrogen and oxygen atoms in total. The normalized spacial score (nSPS) is 13.0. The van der Waals surface area contributed by atoms with E-state index >= 15 is 0 Å².